The molecule has 0 atom stereocenters. The molecule has 0 bridgehead atoms. The molecule has 186 valence electrons. The molecule has 0 unspecified atom stereocenters. The molecule has 0 N–H and O–H groups in total. The average Bonchev–Trinajstić information content (AvgIpc) is 2.78. The summed E-state index contributed by atoms with van der Waals surface area (Å²) in [5.41, 5.74) is 1.37. The van der Waals surface area contributed by atoms with Gasteiger partial charge in [-0.1, -0.05) is 0 Å². The number of piperidine rings is 1. The predicted octanol–water partition coefficient (Wildman–Crippen LogP) is 1.73. The number of carbonyl (C=O) groups is 1. The van der Waals surface area contributed by atoms with E-state index in [1.807, 2.05) is 4.90 Å². The quantitative estimate of drug-likeness (QED) is 0.497. The van der Waals surface area contributed by atoms with Crippen molar-refractivity contribution >= 4 is 15.7 Å². The van der Waals surface area contributed by atoms with Gasteiger partial charge in [-0.05, 0) is 76.5 Å². The Morgan fingerprint density at radius 2 is 1.64 bits per heavy atom. The minimum Gasteiger partial charge on any atom is -0.497 e. The van der Waals surface area contributed by atoms with Crippen LogP contribution in [0.3, 0.4) is 0 Å². The Labute approximate surface area is 198 Å². The second-order valence-corrected chi connectivity index (χ2v) is 11.3. The van der Waals surface area contributed by atoms with Gasteiger partial charge < -0.3 is 19.3 Å². The summed E-state index contributed by atoms with van der Waals surface area (Å²) < 4.78 is 36.4. The molecule has 2 aliphatic rings. The van der Waals surface area contributed by atoms with E-state index in [1.54, 1.807) is 33.1 Å². The molecular weight excluding hydrogens is 442 g/mol. The van der Waals surface area contributed by atoms with Gasteiger partial charge in [-0.2, -0.15) is 0 Å². The molecule has 1 amide bonds. The fraction of sp³-hybridized carbons (Fsp3) is 0.708. The van der Waals surface area contributed by atoms with Crippen LogP contribution in [0.4, 0.5) is 0 Å². The zero-order chi connectivity index (χ0) is 24.0. The molecule has 3 rings (SSSR count). The normalized spacial score (nSPS) is 19.1. The molecule has 2 saturated heterocycles. The number of carbonyl (C=O) groups excluding carboxylic acids is 1. The predicted molar refractivity (Wildman–Crippen MR) is 129 cm³/mol. The maximum atomic E-state index is 12.8. The lowest BCUT2D eigenvalue weighted by Crippen LogP contribution is -2.54. The number of hydrogen-bond donors (Lipinski definition) is 0. The summed E-state index contributed by atoms with van der Waals surface area (Å²) in [6.45, 7) is 9.41. The highest BCUT2D eigenvalue weighted by Gasteiger charge is 2.28. The van der Waals surface area contributed by atoms with E-state index >= 15 is 0 Å². The smallest absolute Gasteiger partial charge is 0.248 e. The second kappa shape index (κ2) is 11.6. The number of hydrogen-bond acceptors (Lipinski definition) is 7. The lowest BCUT2D eigenvalue weighted by atomic mass is 10.0. The lowest BCUT2D eigenvalue weighted by Gasteiger charge is -2.42. The highest BCUT2D eigenvalue weighted by atomic mass is 32.2. The van der Waals surface area contributed by atoms with Crippen molar-refractivity contribution < 1.29 is 22.7 Å². The number of amides is 1. The Kier molecular flexibility index (Phi) is 9.15. The molecule has 2 aliphatic heterocycles. The molecule has 2 heterocycles. The second-order valence-electron chi connectivity index (χ2n) is 9.27. The van der Waals surface area contributed by atoms with Crippen LogP contribution in [0.15, 0.2) is 17.0 Å². The van der Waals surface area contributed by atoms with Crippen LogP contribution in [0.5, 0.6) is 5.75 Å². The number of benzene rings is 1. The van der Waals surface area contributed by atoms with Crippen LogP contribution in [-0.4, -0.2) is 107 Å². The molecule has 0 aromatic heterocycles. The monoisotopic (exact) mass is 481 g/mol. The largest absolute Gasteiger partial charge is 0.497 e. The summed E-state index contributed by atoms with van der Waals surface area (Å²) >= 11 is 0. The zero-order valence-corrected chi connectivity index (χ0v) is 21.3. The van der Waals surface area contributed by atoms with E-state index in [4.69, 9.17) is 9.47 Å². The van der Waals surface area contributed by atoms with E-state index in [0.717, 1.165) is 39.3 Å². The van der Waals surface area contributed by atoms with Crippen molar-refractivity contribution in [1.29, 1.82) is 0 Å². The Morgan fingerprint density at radius 3 is 2.21 bits per heavy atom. The minimum atomic E-state index is -3.43. The number of sulfone groups is 1. The zero-order valence-electron chi connectivity index (χ0n) is 20.5. The van der Waals surface area contributed by atoms with Gasteiger partial charge in [-0.25, -0.2) is 8.42 Å². The highest BCUT2D eigenvalue weighted by Crippen LogP contribution is 2.27. The van der Waals surface area contributed by atoms with Crippen LogP contribution in [0.25, 0.3) is 0 Å². The van der Waals surface area contributed by atoms with Crippen molar-refractivity contribution in [2.24, 2.45) is 0 Å². The van der Waals surface area contributed by atoms with Crippen molar-refractivity contribution in [2.45, 2.75) is 44.0 Å². The fourth-order valence-electron chi connectivity index (χ4n) is 4.92. The summed E-state index contributed by atoms with van der Waals surface area (Å²) in [5.74, 6) is 0.630. The highest BCUT2D eigenvalue weighted by molar-refractivity contribution is 7.91. The first-order valence-corrected chi connectivity index (χ1v) is 13.5. The third-order valence-corrected chi connectivity index (χ3v) is 8.87. The molecule has 33 heavy (non-hydrogen) atoms. The maximum Gasteiger partial charge on any atom is 0.248 e. The van der Waals surface area contributed by atoms with Crippen molar-refractivity contribution in [1.82, 2.24) is 14.7 Å². The Hall–Kier alpha value is -1.68. The van der Waals surface area contributed by atoms with Gasteiger partial charge in [0.15, 0.2) is 9.84 Å². The van der Waals surface area contributed by atoms with Crippen LogP contribution in [0.1, 0.15) is 30.4 Å². The molecule has 0 spiro atoms. The standard InChI is InChI=1S/C24H39N3O5S/c1-19-16-22(31-4)17-20(2)24(19)33(29,30)15-5-14-32-18-23(28)27-12-10-26(11-13-27)21-6-8-25(3)9-7-21/h16-17,21H,5-15,18H2,1-4H3. The molecule has 1 aromatic rings. The summed E-state index contributed by atoms with van der Waals surface area (Å²) in [6.07, 6.45) is 2.75. The van der Waals surface area contributed by atoms with Crippen molar-refractivity contribution in [3.05, 3.63) is 23.3 Å². The van der Waals surface area contributed by atoms with Crippen molar-refractivity contribution in [2.75, 3.05) is 72.4 Å². The number of piperazine rings is 1. The van der Waals surface area contributed by atoms with Gasteiger partial charge in [0.2, 0.25) is 5.91 Å². The van der Waals surface area contributed by atoms with Crippen molar-refractivity contribution in [3.8, 4) is 5.75 Å². The number of rotatable bonds is 9. The first kappa shape index (κ1) is 25.9. The Balaban J connectivity index is 1.37. The molecule has 8 nitrogen and oxygen atoms in total. The number of ether oxygens (including phenoxy) is 2. The summed E-state index contributed by atoms with van der Waals surface area (Å²) in [5, 5.41) is 0. The van der Waals surface area contributed by atoms with Gasteiger partial charge in [0.1, 0.15) is 12.4 Å². The molecule has 0 aliphatic carbocycles. The van der Waals surface area contributed by atoms with E-state index in [9.17, 15) is 13.2 Å². The molecule has 0 radical (unpaired) electrons. The van der Waals surface area contributed by atoms with Gasteiger partial charge in [-0.3, -0.25) is 9.69 Å². The fourth-order valence-corrected chi connectivity index (χ4v) is 6.72. The summed E-state index contributed by atoms with van der Waals surface area (Å²) in [6, 6.07) is 4.11. The van der Waals surface area contributed by atoms with Crippen LogP contribution >= 0.6 is 0 Å². The van der Waals surface area contributed by atoms with Crippen molar-refractivity contribution in [3.63, 3.8) is 0 Å². The van der Waals surface area contributed by atoms with Gasteiger partial charge in [0.25, 0.3) is 0 Å². The van der Waals surface area contributed by atoms with Gasteiger partial charge in [0.05, 0.1) is 17.8 Å². The van der Waals surface area contributed by atoms with Crippen LogP contribution < -0.4 is 4.74 Å². The minimum absolute atomic E-state index is 0.00879. The van der Waals surface area contributed by atoms with Gasteiger partial charge in [-0.15, -0.1) is 0 Å². The Bertz CT molecular complexity index is 882. The van der Waals surface area contributed by atoms with Crippen LogP contribution in [0.2, 0.25) is 0 Å². The third kappa shape index (κ3) is 6.91. The average molecular weight is 482 g/mol. The Morgan fingerprint density at radius 1 is 1.03 bits per heavy atom. The SMILES string of the molecule is COc1cc(C)c(S(=O)(=O)CCCOCC(=O)N2CCN(C3CCN(C)CC3)CC2)c(C)c1. The topological polar surface area (TPSA) is 79.4 Å². The molecule has 0 saturated carbocycles. The lowest BCUT2D eigenvalue weighted by molar-refractivity contribution is -0.138. The summed E-state index contributed by atoms with van der Waals surface area (Å²) in [4.78, 5) is 19.6. The number of aryl methyl sites for hydroxylation is 2. The summed E-state index contributed by atoms with van der Waals surface area (Å²) in [7, 11) is 0.308. The van der Waals surface area contributed by atoms with Crippen LogP contribution in [0, 0.1) is 13.8 Å². The molecular formula is C24H39N3O5S. The van der Waals surface area contributed by atoms with Gasteiger partial charge in [0, 0.05) is 38.8 Å². The van der Waals surface area contributed by atoms with Gasteiger partial charge >= 0.3 is 0 Å². The van der Waals surface area contributed by atoms with E-state index in [1.165, 1.54) is 12.8 Å². The number of nitrogens with zero attached hydrogens (tertiary/aromatic N) is 3. The maximum absolute atomic E-state index is 12.8. The number of likely N-dealkylation sites (tertiary alicyclic amines) is 1. The molecule has 9 heteroatoms. The number of methoxy groups -OCH3 is 1. The van der Waals surface area contributed by atoms with E-state index < -0.39 is 9.84 Å². The van der Waals surface area contributed by atoms with Crippen LogP contribution in [-0.2, 0) is 19.4 Å². The molecule has 1 aromatic carbocycles. The van der Waals surface area contributed by atoms with E-state index in [2.05, 4.69) is 16.8 Å². The first-order chi connectivity index (χ1) is 15.7. The van der Waals surface area contributed by atoms with E-state index in [-0.39, 0.29) is 24.9 Å². The van der Waals surface area contributed by atoms with E-state index in [0.29, 0.717) is 34.2 Å². The third-order valence-electron chi connectivity index (χ3n) is 6.78. The first-order valence-electron chi connectivity index (χ1n) is 11.9. The molecule has 2 fully saturated rings.